The predicted octanol–water partition coefficient (Wildman–Crippen LogP) is 1.04. The normalized spacial score (nSPS) is 9.79. The predicted molar refractivity (Wildman–Crippen MR) is 53.7 cm³/mol. The lowest BCUT2D eigenvalue weighted by atomic mass is 10.4. The lowest BCUT2D eigenvalue weighted by Gasteiger charge is -1.99. The van der Waals surface area contributed by atoms with E-state index in [9.17, 15) is 4.79 Å². The Kier molecular flexibility index (Phi) is 3.94. The van der Waals surface area contributed by atoms with Gasteiger partial charge in [0, 0.05) is 6.54 Å². The standard InChI is InChI=1S/C10H14N2O2/c1-2-3-6-12-10(13)9-5-4-8(7-11)14-9/h2,4-5H,1,3,6-7,11H2,(H,12,13). The number of amides is 1. The summed E-state index contributed by atoms with van der Waals surface area (Å²) >= 11 is 0. The van der Waals surface area contributed by atoms with E-state index in [0.717, 1.165) is 6.42 Å². The third-order valence-corrected chi connectivity index (χ3v) is 1.72. The number of hydrogen-bond acceptors (Lipinski definition) is 3. The van der Waals surface area contributed by atoms with Crippen LogP contribution < -0.4 is 11.1 Å². The van der Waals surface area contributed by atoms with Gasteiger partial charge in [0.05, 0.1) is 6.54 Å². The highest BCUT2D eigenvalue weighted by Gasteiger charge is 2.08. The highest BCUT2D eigenvalue weighted by atomic mass is 16.4. The maximum atomic E-state index is 11.4. The first kappa shape index (κ1) is 10.5. The fourth-order valence-electron chi connectivity index (χ4n) is 0.985. The Morgan fingerprint density at radius 3 is 3.00 bits per heavy atom. The highest BCUT2D eigenvalue weighted by molar-refractivity contribution is 5.91. The Hall–Kier alpha value is -1.55. The van der Waals surface area contributed by atoms with Crippen molar-refractivity contribution in [3.05, 3.63) is 36.3 Å². The lowest BCUT2D eigenvalue weighted by molar-refractivity contribution is 0.0925. The number of nitrogens with one attached hydrogen (secondary N) is 1. The van der Waals surface area contributed by atoms with Crippen LogP contribution in [0.15, 0.2) is 29.2 Å². The van der Waals surface area contributed by atoms with E-state index in [0.29, 0.717) is 24.6 Å². The summed E-state index contributed by atoms with van der Waals surface area (Å²) in [4.78, 5) is 11.4. The minimum Gasteiger partial charge on any atom is -0.455 e. The molecule has 1 aromatic heterocycles. The van der Waals surface area contributed by atoms with Crippen LogP contribution in [0.1, 0.15) is 22.7 Å². The quantitative estimate of drug-likeness (QED) is 0.543. The van der Waals surface area contributed by atoms with Crippen LogP contribution in [0.4, 0.5) is 0 Å². The minimum absolute atomic E-state index is 0.216. The molecule has 0 aliphatic rings. The zero-order chi connectivity index (χ0) is 10.4. The largest absolute Gasteiger partial charge is 0.455 e. The number of nitrogens with two attached hydrogens (primary N) is 1. The summed E-state index contributed by atoms with van der Waals surface area (Å²) < 4.78 is 5.16. The first-order chi connectivity index (χ1) is 6.77. The van der Waals surface area contributed by atoms with Crippen LogP contribution in [0.2, 0.25) is 0 Å². The SMILES string of the molecule is C=CCCNC(=O)c1ccc(CN)o1. The topological polar surface area (TPSA) is 68.3 Å². The molecule has 0 aliphatic heterocycles. The van der Waals surface area contributed by atoms with Crippen LogP contribution >= 0.6 is 0 Å². The van der Waals surface area contributed by atoms with Crippen molar-refractivity contribution in [1.82, 2.24) is 5.32 Å². The van der Waals surface area contributed by atoms with Crippen LogP contribution in [-0.2, 0) is 6.54 Å². The molecule has 0 aliphatic carbocycles. The second-order valence-corrected chi connectivity index (χ2v) is 2.80. The smallest absolute Gasteiger partial charge is 0.287 e. The Morgan fingerprint density at radius 1 is 1.64 bits per heavy atom. The van der Waals surface area contributed by atoms with Gasteiger partial charge in [0.1, 0.15) is 5.76 Å². The van der Waals surface area contributed by atoms with E-state index in [1.54, 1.807) is 18.2 Å². The maximum absolute atomic E-state index is 11.4. The molecular formula is C10H14N2O2. The van der Waals surface area contributed by atoms with Gasteiger partial charge < -0.3 is 15.5 Å². The Balaban J connectivity index is 2.47. The second kappa shape index (κ2) is 5.24. The summed E-state index contributed by atoms with van der Waals surface area (Å²) in [6, 6.07) is 3.31. The fourth-order valence-corrected chi connectivity index (χ4v) is 0.985. The fraction of sp³-hybridized carbons (Fsp3) is 0.300. The van der Waals surface area contributed by atoms with Crippen molar-refractivity contribution in [1.29, 1.82) is 0 Å². The van der Waals surface area contributed by atoms with Gasteiger partial charge in [-0.2, -0.15) is 0 Å². The van der Waals surface area contributed by atoms with Crippen molar-refractivity contribution in [3.8, 4) is 0 Å². The first-order valence-corrected chi connectivity index (χ1v) is 4.45. The highest BCUT2D eigenvalue weighted by Crippen LogP contribution is 2.06. The number of carbonyl (C=O) groups excluding carboxylic acids is 1. The summed E-state index contributed by atoms with van der Waals surface area (Å²) in [5, 5.41) is 2.69. The van der Waals surface area contributed by atoms with Crippen molar-refractivity contribution in [2.75, 3.05) is 6.54 Å². The van der Waals surface area contributed by atoms with Crippen LogP contribution in [0.3, 0.4) is 0 Å². The number of furan rings is 1. The average Bonchev–Trinajstić information content (AvgIpc) is 2.66. The van der Waals surface area contributed by atoms with Crippen molar-refractivity contribution in [3.63, 3.8) is 0 Å². The van der Waals surface area contributed by atoms with E-state index in [2.05, 4.69) is 11.9 Å². The van der Waals surface area contributed by atoms with Gasteiger partial charge >= 0.3 is 0 Å². The van der Waals surface area contributed by atoms with Crippen LogP contribution in [0.25, 0.3) is 0 Å². The molecule has 0 atom stereocenters. The van der Waals surface area contributed by atoms with E-state index in [1.165, 1.54) is 0 Å². The molecule has 0 saturated carbocycles. The number of hydrogen-bond donors (Lipinski definition) is 2. The molecule has 14 heavy (non-hydrogen) atoms. The Bertz CT molecular complexity index is 318. The molecule has 0 aromatic carbocycles. The van der Waals surface area contributed by atoms with E-state index in [-0.39, 0.29) is 5.91 Å². The summed E-state index contributed by atoms with van der Waals surface area (Å²) in [6.07, 6.45) is 2.49. The maximum Gasteiger partial charge on any atom is 0.287 e. The third kappa shape index (κ3) is 2.74. The molecule has 0 bridgehead atoms. The molecule has 0 radical (unpaired) electrons. The van der Waals surface area contributed by atoms with Crippen LogP contribution in [0.5, 0.6) is 0 Å². The minimum atomic E-state index is -0.216. The molecule has 0 saturated heterocycles. The molecule has 0 fully saturated rings. The van der Waals surface area contributed by atoms with Crippen molar-refractivity contribution in [2.45, 2.75) is 13.0 Å². The molecule has 0 unspecified atom stereocenters. The van der Waals surface area contributed by atoms with Gasteiger partial charge in [-0.25, -0.2) is 0 Å². The second-order valence-electron chi connectivity index (χ2n) is 2.80. The summed E-state index contributed by atoms with van der Waals surface area (Å²) in [5.74, 6) is 0.694. The molecule has 0 spiro atoms. The Labute approximate surface area is 82.8 Å². The zero-order valence-corrected chi connectivity index (χ0v) is 7.95. The van der Waals surface area contributed by atoms with Crippen LogP contribution in [0, 0.1) is 0 Å². The summed E-state index contributed by atoms with van der Waals surface area (Å²) in [5.41, 5.74) is 5.35. The summed E-state index contributed by atoms with van der Waals surface area (Å²) in [6.45, 7) is 4.43. The Morgan fingerprint density at radius 2 is 2.43 bits per heavy atom. The molecule has 4 heteroatoms. The molecule has 1 rings (SSSR count). The molecule has 4 nitrogen and oxygen atoms in total. The molecule has 3 N–H and O–H groups in total. The van der Waals surface area contributed by atoms with Crippen LogP contribution in [-0.4, -0.2) is 12.5 Å². The van der Waals surface area contributed by atoms with Gasteiger partial charge in [-0.05, 0) is 18.6 Å². The zero-order valence-electron chi connectivity index (χ0n) is 7.95. The lowest BCUT2D eigenvalue weighted by Crippen LogP contribution is -2.23. The monoisotopic (exact) mass is 194 g/mol. The van der Waals surface area contributed by atoms with Gasteiger partial charge in [0.15, 0.2) is 5.76 Å². The molecular weight excluding hydrogens is 180 g/mol. The number of rotatable bonds is 5. The van der Waals surface area contributed by atoms with Gasteiger partial charge in [0.2, 0.25) is 0 Å². The van der Waals surface area contributed by atoms with E-state index >= 15 is 0 Å². The van der Waals surface area contributed by atoms with E-state index in [4.69, 9.17) is 10.2 Å². The summed E-state index contributed by atoms with van der Waals surface area (Å²) in [7, 11) is 0. The third-order valence-electron chi connectivity index (χ3n) is 1.72. The van der Waals surface area contributed by atoms with Gasteiger partial charge in [-0.1, -0.05) is 6.08 Å². The van der Waals surface area contributed by atoms with E-state index in [1.807, 2.05) is 0 Å². The molecule has 1 amide bonds. The van der Waals surface area contributed by atoms with Crippen molar-refractivity contribution >= 4 is 5.91 Å². The molecule has 1 aromatic rings. The first-order valence-electron chi connectivity index (χ1n) is 4.45. The van der Waals surface area contributed by atoms with Gasteiger partial charge in [-0.3, -0.25) is 4.79 Å². The van der Waals surface area contributed by atoms with Crippen molar-refractivity contribution < 1.29 is 9.21 Å². The number of carbonyl (C=O) groups is 1. The van der Waals surface area contributed by atoms with Gasteiger partial charge in [0.25, 0.3) is 5.91 Å². The van der Waals surface area contributed by atoms with Crippen molar-refractivity contribution in [2.24, 2.45) is 5.73 Å². The molecule has 1 heterocycles. The van der Waals surface area contributed by atoms with E-state index < -0.39 is 0 Å². The average molecular weight is 194 g/mol. The van der Waals surface area contributed by atoms with Gasteiger partial charge in [-0.15, -0.1) is 6.58 Å². The molecule has 76 valence electrons.